The molecule has 5 aromatic rings. The first-order chi connectivity index (χ1) is 15.1. The summed E-state index contributed by atoms with van der Waals surface area (Å²) in [6.07, 6.45) is 5.22. The molecule has 0 aliphatic heterocycles. The summed E-state index contributed by atoms with van der Waals surface area (Å²) < 4.78 is 0.953. The van der Waals surface area contributed by atoms with Crippen molar-refractivity contribution in [1.29, 1.82) is 0 Å². The molecule has 31 heavy (non-hydrogen) atoms. The first-order valence-corrected chi connectivity index (χ1v) is 10.8. The molecule has 1 amide bonds. The minimum atomic E-state index is -0.109. The highest BCUT2D eigenvalue weighted by molar-refractivity contribution is 7.21. The molecule has 5 rings (SSSR count). The van der Waals surface area contributed by atoms with Gasteiger partial charge in [-0.2, -0.15) is 0 Å². The van der Waals surface area contributed by atoms with E-state index in [1.54, 1.807) is 18.6 Å². The third-order valence-electron chi connectivity index (χ3n) is 5.22. The van der Waals surface area contributed by atoms with Gasteiger partial charge in [0, 0.05) is 40.9 Å². The van der Waals surface area contributed by atoms with Crippen molar-refractivity contribution in [3.63, 3.8) is 0 Å². The average Bonchev–Trinajstić information content (AvgIpc) is 3.37. The Morgan fingerprint density at radius 1 is 1.06 bits per heavy atom. The molecule has 7 heteroatoms. The van der Waals surface area contributed by atoms with Crippen LogP contribution in [0.15, 0.2) is 67.1 Å². The van der Waals surface area contributed by atoms with Gasteiger partial charge in [0.25, 0.3) is 5.91 Å². The van der Waals surface area contributed by atoms with E-state index in [1.165, 1.54) is 11.3 Å². The number of aromatic nitrogens is 3. The quantitative estimate of drug-likeness (QED) is 0.335. The van der Waals surface area contributed by atoms with E-state index in [0.717, 1.165) is 43.8 Å². The standard InChI is InChI=1S/C24H21N5OS/c1-14-11-17-12-18(3-4-19(17)27-14)29-20-7-10-26-21-13-22(31-23(20)21)24(30)28-15(2)16-5-8-25-9-6-16/h3-13,15,27H,1-2H3,(H,26,29)(H,28,30). The predicted molar refractivity (Wildman–Crippen MR) is 126 cm³/mol. The van der Waals surface area contributed by atoms with E-state index in [0.29, 0.717) is 4.88 Å². The molecule has 4 heterocycles. The lowest BCUT2D eigenvalue weighted by molar-refractivity contribution is 0.0944. The van der Waals surface area contributed by atoms with Gasteiger partial charge in [0.15, 0.2) is 0 Å². The molecule has 1 unspecified atom stereocenters. The Morgan fingerprint density at radius 2 is 1.90 bits per heavy atom. The molecule has 3 N–H and O–H groups in total. The number of rotatable bonds is 5. The number of hydrogen-bond acceptors (Lipinski definition) is 5. The molecule has 0 aliphatic carbocycles. The lowest BCUT2D eigenvalue weighted by Gasteiger charge is -2.13. The maximum atomic E-state index is 12.8. The number of hydrogen-bond donors (Lipinski definition) is 3. The van der Waals surface area contributed by atoms with Crippen LogP contribution in [0.25, 0.3) is 21.1 Å². The Labute approximate surface area is 183 Å². The highest BCUT2D eigenvalue weighted by atomic mass is 32.1. The molecular formula is C24H21N5OS. The minimum absolute atomic E-state index is 0.109. The molecule has 0 saturated carbocycles. The van der Waals surface area contributed by atoms with Crippen LogP contribution in [-0.4, -0.2) is 20.9 Å². The largest absolute Gasteiger partial charge is 0.359 e. The molecule has 4 aromatic heterocycles. The molecule has 0 fully saturated rings. The number of benzene rings is 1. The van der Waals surface area contributed by atoms with Crippen molar-refractivity contribution in [2.24, 2.45) is 0 Å². The second-order valence-electron chi connectivity index (χ2n) is 7.54. The van der Waals surface area contributed by atoms with Crippen LogP contribution in [0.1, 0.15) is 33.9 Å². The summed E-state index contributed by atoms with van der Waals surface area (Å²) >= 11 is 1.44. The maximum Gasteiger partial charge on any atom is 0.261 e. The Morgan fingerprint density at radius 3 is 2.74 bits per heavy atom. The molecule has 0 radical (unpaired) electrons. The molecule has 1 atom stereocenters. The zero-order chi connectivity index (χ0) is 21.4. The predicted octanol–water partition coefficient (Wildman–Crippen LogP) is 5.72. The summed E-state index contributed by atoms with van der Waals surface area (Å²) in [6, 6.07) is 15.8. The molecule has 0 saturated heterocycles. The average molecular weight is 428 g/mol. The number of H-pyrrole nitrogens is 1. The highest BCUT2D eigenvalue weighted by Crippen LogP contribution is 2.33. The number of amides is 1. The minimum Gasteiger partial charge on any atom is -0.359 e. The van der Waals surface area contributed by atoms with E-state index < -0.39 is 0 Å². The van der Waals surface area contributed by atoms with Crippen molar-refractivity contribution in [1.82, 2.24) is 20.3 Å². The van der Waals surface area contributed by atoms with Gasteiger partial charge in [0.2, 0.25) is 0 Å². The van der Waals surface area contributed by atoms with Crippen molar-refractivity contribution in [2.45, 2.75) is 19.9 Å². The number of thiophene rings is 1. The van der Waals surface area contributed by atoms with Gasteiger partial charge in [0.05, 0.1) is 26.8 Å². The normalized spacial score (nSPS) is 12.2. The van der Waals surface area contributed by atoms with E-state index in [1.807, 2.05) is 44.2 Å². The summed E-state index contributed by atoms with van der Waals surface area (Å²) in [6.45, 7) is 4.01. The van der Waals surface area contributed by atoms with Gasteiger partial charge >= 0.3 is 0 Å². The number of carbonyl (C=O) groups excluding carboxylic acids is 1. The second-order valence-corrected chi connectivity index (χ2v) is 8.59. The summed E-state index contributed by atoms with van der Waals surface area (Å²) in [5.41, 5.74) is 5.98. The summed E-state index contributed by atoms with van der Waals surface area (Å²) in [7, 11) is 0. The van der Waals surface area contributed by atoms with E-state index in [2.05, 4.69) is 43.8 Å². The third kappa shape index (κ3) is 3.87. The van der Waals surface area contributed by atoms with Gasteiger partial charge in [-0.15, -0.1) is 11.3 Å². The number of carbonyl (C=O) groups is 1. The van der Waals surface area contributed by atoms with Crippen molar-refractivity contribution >= 4 is 49.7 Å². The molecule has 154 valence electrons. The lowest BCUT2D eigenvalue weighted by atomic mass is 10.1. The Kier molecular flexibility index (Phi) is 4.88. The van der Waals surface area contributed by atoms with Crippen molar-refractivity contribution in [2.75, 3.05) is 5.32 Å². The fourth-order valence-corrected chi connectivity index (χ4v) is 4.65. The van der Waals surface area contributed by atoms with E-state index in [9.17, 15) is 4.79 Å². The summed E-state index contributed by atoms with van der Waals surface area (Å²) in [5, 5.41) is 7.70. The highest BCUT2D eigenvalue weighted by Gasteiger charge is 2.16. The van der Waals surface area contributed by atoms with Crippen LogP contribution in [0.2, 0.25) is 0 Å². The second kappa shape index (κ2) is 7.85. The van der Waals surface area contributed by atoms with Crippen LogP contribution in [-0.2, 0) is 0 Å². The maximum absolute atomic E-state index is 12.8. The van der Waals surface area contributed by atoms with Crippen molar-refractivity contribution in [3.8, 4) is 0 Å². The Bertz CT molecular complexity index is 1390. The number of pyridine rings is 2. The van der Waals surface area contributed by atoms with Crippen LogP contribution >= 0.6 is 11.3 Å². The van der Waals surface area contributed by atoms with Crippen LogP contribution in [0, 0.1) is 6.92 Å². The SMILES string of the molecule is Cc1cc2cc(Nc3ccnc4cc(C(=O)NC(C)c5ccncc5)sc34)ccc2[nH]1. The lowest BCUT2D eigenvalue weighted by Crippen LogP contribution is -2.25. The first kappa shape index (κ1) is 19.3. The van der Waals surface area contributed by atoms with Gasteiger partial charge in [-0.05, 0) is 67.9 Å². The monoisotopic (exact) mass is 427 g/mol. The van der Waals surface area contributed by atoms with Gasteiger partial charge in [-0.25, -0.2) is 0 Å². The molecule has 6 nitrogen and oxygen atoms in total. The van der Waals surface area contributed by atoms with Gasteiger partial charge in [-0.1, -0.05) is 0 Å². The van der Waals surface area contributed by atoms with E-state index in [4.69, 9.17) is 0 Å². The number of fused-ring (bicyclic) bond motifs is 2. The third-order valence-corrected chi connectivity index (χ3v) is 6.38. The molecule has 0 aliphatic rings. The molecule has 0 spiro atoms. The Hall–Kier alpha value is -3.71. The number of aryl methyl sites for hydroxylation is 1. The summed E-state index contributed by atoms with van der Waals surface area (Å²) in [5.74, 6) is -0.109. The fraction of sp³-hybridized carbons (Fsp3) is 0.125. The van der Waals surface area contributed by atoms with Crippen LogP contribution in [0.3, 0.4) is 0 Å². The smallest absolute Gasteiger partial charge is 0.261 e. The number of anilines is 2. The summed E-state index contributed by atoms with van der Waals surface area (Å²) in [4.78, 5) is 25.3. The van der Waals surface area contributed by atoms with Crippen LogP contribution in [0.4, 0.5) is 11.4 Å². The van der Waals surface area contributed by atoms with E-state index >= 15 is 0 Å². The van der Waals surface area contributed by atoms with Gasteiger partial charge < -0.3 is 15.6 Å². The van der Waals surface area contributed by atoms with Crippen molar-refractivity contribution < 1.29 is 4.79 Å². The zero-order valence-electron chi connectivity index (χ0n) is 17.1. The molecule has 1 aromatic carbocycles. The fourth-order valence-electron chi connectivity index (χ4n) is 3.66. The number of nitrogens with zero attached hydrogens (tertiary/aromatic N) is 2. The van der Waals surface area contributed by atoms with Gasteiger partial charge in [-0.3, -0.25) is 14.8 Å². The molecule has 0 bridgehead atoms. The van der Waals surface area contributed by atoms with Gasteiger partial charge in [0.1, 0.15) is 0 Å². The van der Waals surface area contributed by atoms with Crippen LogP contribution < -0.4 is 10.6 Å². The number of aromatic amines is 1. The van der Waals surface area contributed by atoms with Crippen LogP contribution in [0.5, 0.6) is 0 Å². The molecular weight excluding hydrogens is 406 g/mol. The van der Waals surface area contributed by atoms with E-state index in [-0.39, 0.29) is 11.9 Å². The Balaban J connectivity index is 1.41. The zero-order valence-corrected chi connectivity index (χ0v) is 18.0. The topological polar surface area (TPSA) is 82.7 Å². The number of nitrogens with one attached hydrogen (secondary N) is 3. The van der Waals surface area contributed by atoms with Crippen molar-refractivity contribution in [3.05, 3.63) is 83.3 Å². The first-order valence-electron chi connectivity index (χ1n) is 10.0.